The molecule has 0 aliphatic rings. The van der Waals surface area contributed by atoms with Crippen LogP contribution in [0.1, 0.15) is 17.4 Å². The van der Waals surface area contributed by atoms with Crippen molar-refractivity contribution < 1.29 is 14.6 Å². The quantitative estimate of drug-likeness (QED) is 0.905. The molecule has 0 radical (unpaired) electrons. The summed E-state index contributed by atoms with van der Waals surface area (Å²) in [5.74, 6) is -0.339. The van der Waals surface area contributed by atoms with E-state index in [9.17, 15) is 4.79 Å². The van der Waals surface area contributed by atoms with E-state index in [1.165, 1.54) is 16.8 Å². The maximum absolute atomic E-state index is 11.0. The van der Waals surface area contributed by atoms with Crippen molar-refractivity contribution in [3.05, 3.63) is 35.5 Å². The third-order valence-corrected chi connectivity index (χ3v) is 3.06. The maximum Gasteiger partial charge on any atom is 0.356 e. The molecule has 0 fully saturated rings. The SMILES string of the molecule is CCOc1ccccc1-c1scnc1C(=O)O. The van der Waals surface area contributed by atoms with Gasteiger partial charge in [-0.1, -0.05) is 12.1 Å². The van der Waals surface area contributed by atoms with Crippen LogP contribution in [0.2, 0.25) is 0 Å². The van der Waals surface area contributed by atoms with Gasteiger partial charge in [-0.05, 0) is 19.1 Å². The molecule has 1 aromatic carbocycles. The van der Waals surface area contributed by atoms with E-state index in [1.54, 1.807) is 0 Å². The normalized spacial score (nSPS) is 10.2. The van der Waals surface area contributed by atoms with Gasteiger partial charge in [-0.3, -0.25) is 0 Å². The van der Waals surface area contributed by atoms with Gasteiger partial charge >= 0.3 is 5.97 Å². The zero-order valence-electron chi connectivity index (χ0n) is 9.21. The second-order valence-corrected chi connectivity index (χ2v) is 4.12. The summed E-state index contributed by atoms with van der Waals surface area (Å²) in [5.41, 5.74) is 2.37. The van der Waals surface area contributed by atoms with Crippen molar-refractivity contribution in [1.82, 2.24) is 4.98 Å². The number of benzene rings is 1. The van der Waals surface area contributed by atoms with Gasteiger partial charge in [0.2, 0.25) is 0 Å². The minimum atomic E-state index is -1.02. The van der Waals surface area contributed by atoms with Gasteiger partial charge < -0.3 is 9.84 Å². The molecule has 0 aliphatic heterocycles. The first-order valence-corrected chi connectivity index (χ1v) is 6.01. The fourth-order valence-electron chi connectivity index (χ4n) is 1.53. The van der Waals surface area contributed by atoms with Crippen LogP contribution in [-0.2, 0) is 0 Å². The molecule has 1 N–H and O–H groups in total. The Kier molecular flexibility index (Phi) is 3.39. The van der Waals surface area contributed by atoms with Gasteiger partial charge in [0.05, 0.1) is 17.0 Å². The van der Waals surface area contributed by atoms with Gasteiger partial charge in [0, 0.05) is 5.56 Å². The average Bonchev–Trinajstić information content (AvgIpc) is 2.79. The fraction of sp³-hybridized carbons (Fsp3) is 0.167. The minimum absolute atomic E-state index is 0.0714. The molecular formula is C12H11NO3S. The number of carboxylic acid groups (broad SMARTS) is 1. The standard InChI is InChI=1S/C12H11NO3S/c1-2-16-9-6-4-3-5-8(9)11-10(12(14)15)13-7-17-11/h3-7H,2H2,1H3,(H,14,15). The number of nitrogens with zero attached hydrogens (tertiary/aromatic N) is 1. The molecule has 0 amide bonds. The number of carbonyl (C=O) groups is 1. The monoisotopic (exact) mass is 249 g/mol. The van der Waals surface area contributed by atoms with E-state index < -0.39 is 5.97 Å². The summed E-state index contributed by atoms with van der Waals surface area (Å²) in [5, 5.41) is 9.04. The van der Waals surface area contributed by atoms with Crippen molar-refractivity contribution in [1.29, 1.82) is 0 Å². The van der Waals surface area contributed by atoms with Crippen LogP contribution < -0.4 is 4.74 Å². The Balaban J connectivity index is 2.52. The predicted molar refractivity (Wildman–Crippen MR) is 65.7 cm³/mol. The Morgan fingerprint density at radius 2 is 2.24 bits per heavy atom. The Labute approximate surface area is 103 Å². The smallest absolute Gasteiger partial charge is 0.356 e. The highest BCUT2D eigenvalue weighted by atomic mass is 32.1. The van der Waals surface area contributed by atoms with E-state index >= 15 is 0 Å². The van der Waals surface area contributed by atoms with Crippen molar-refractivity contribution in [2.45, 2.75) is 6.92 Å². The molecule has 88 valence electrons. The highest BCUT2D eigenvalue weighted by Gasteiger charge is 2.17. The summed E-state index contributed by atoms with van der Waals surface area (Å²) in [4.78, 5) is 15.5. The lowest BCUT2D eigenvalue weighted by Gasteiger charge is -2.08. The van der Waals surface area contributed by atoms with Crippen LogP contribution in [0.15, 0.2) is 29.8 Å². The molecule has 17 heavy (non-hydrogen) atoms. The van der Waals surface area contributed by atoms with Crippen LogP contribution in [0.25, 0.3) is 10.4 Å². The molecule has 0 unspecified atom stereocenters. The molecule has 0 saturated heterocycles. The number of aromatic carboxylic acids is 1. The lowest BCUT2D eigenvalue weighted by molar-refractivity contribution is 0.0692. The summed E-state index contributed by atoms with van der Waals surface area (Å²) < 4.78 is 5.48. The molecule has 0 atom stereocenters. The summed E-state index contributed by atoms with van der Waals surface area (Å²) in [6.45, 7) is 2.43. The number of hydrogen-bond acceptors (Lipinski definition) is 4. The largest absolute Gasteiger partial charge is 0.493 e. The third-order valence-electron chi connectivity index (χ3n) is 2.20. The third kappa shape index (κ3) is 2.29. The molecule has 0 aliphatic carbocycles. The van der Waals surface area contributed by atoms with E-state index in [-0.39, 0.29) is 5.69 Å². The topological polar surface area (TPSA) is 59.4 Å². The number of carboxylic acids is 1. The van der Waals surface area contributed by atoms with Crippen LogP contribution in [0.3, 0.4) is 0 Å². The number of ether oxygens (including phenoxy) is 1. The van der Waals surface area contributed by atoms with Gasteiger partial charge in [0.25, 0.3) is 0 Å². The fourth-order valence-corrected chi connectivity index (χ4v) is 2.34. The first kappa shape index (κ1) is 11.6. The summed E-state index contributed by atoms with van der Waals surface area (Å²) in [6, 6.07) is 7.37. The number of hydrogen-bond donors (Lipinski definition) is 1. The second kappa shape index (κ2) is 4.97. The van der Waals surface area contributed by atoms with Crippen LogP contribution in [-0.4, -0.2) is 22.7 Å². The van der Waals surface area contributed by atoms with E-state index in [2.05, 4.69) is 4.98 Å². The molecule has 1 heterocycles. The molecule has 5 heteroatoms. The molecule has 4 nitrogen and oxygen atoms in total. The predicted octanol–water partition coefficient (Wildman–Crippen LogP) is 2.91. The zero-order chi connectivity index (χ0) is 12.3. The summed E-state index contributed by atoms with van der Waals surface area (Å²) >= 11 is 1.30. The van der Waals surface area contributed by atoms with E-state index in [0.29, 0.717) is 17.2 Å². The van der Waals surface area contributed by atoms with Crippen molar-refractivity contribution in [2.75, 3.05) is 6.61 Å². The van der Waals surface area contributed by atoms with Crippen LogP contribution in [0, 0.1) is 0 Å². The Hall–Kier alpha value is -1.88. The Bertz CT molecular complexity index is 536. The lowest BCUT2D eigenvalue weighted by Crippen LogP contribution is -2.00. The Morgan fingerprint density at radius 1 is 1.47 bits per heavy atom. The number of para-hydroxylation sites is 1. The summed E-state index contributed by atoms with van der Waals surface area (Å²) in [6.07, 6.45) is 0. The van der Waals surface area contributed by atoms with Gasteiger partial charge in [0.15, 0.2) is 5.69 Å². The summed E-state index contributed by atoms with van der Waals surface area (Å²) in [7, 11) is 0. The van der Waals surface area contributed by atoms with E-state index in [1.807, 2.05) is 31.2 Å². The van der Waals surface area contributed by atoms with Crippen LogP contribution in [0.5, 0.6) is 5.75 Å². The molecule has 0 spiro atoms. The number of aromatic nitrogens is 1. The first-order chi connectivity index (χ1) is 8.24. The zero-order valence-corrected chi connectivity index (χ0v) is 10.0. The van der Waals surface area contributed by atoms with Crippen molar-refractivity contribution >= 4 is 17.3 Å². The van der Waals surface area contributed by atoms with Gasteiger partial charge in [-0.25, -0.2) is 9.78 Å². The van der Waals surface area contributed by atoms with Crippen molar-refractivity contribution in [3.63, 3.8) is 0 Å². The molecule has 2 rings (SSSR count). The minimum Gasteiger partial charge on any atom is -0.493 e. The van der Waals surface area contributed by atoms with Gasteiger partial charge in [0.1, 0.15) is 5.75 Å². The average molecular weight is 249 g/mol. The Morgan fingerprint density at radius 3 is 2.94 bits per heavy atom. The highest BCUT2D eigenvalue weighted by Crippen LogP contribution is 2.34. The van der Waals surface area contributed by atoms with Gasteiger partial charge in [-0.2, -0.15) is 0 Å². The molecular weight excluding hydrogens is 238 g/mol. The lowest BCUT2D eigenvalue weighted by atomic mass is 10.1. The number of thiazole rings is 1. The molecule has 0 bridgehead atoms. The van der Waals surface area contributed by atoms with Crippen LogP contribution >= 0.6 is 11.3 Å². The second-order valence-electron chi connectivity index (χ2n) is 3.26. The van der Waals surface area contributed by atoms with Crippen molar-refractivity contribution in [2.24, 2.45) is 0 Å². The first-order valence-electron chi connectivity index (χ1n) is 5.13. The van der Waals surface area contributed by atoms with Crippen molar-refractivity contribution in [3.8, 4) is 16.2 Å². The molecule has 0 saturated carbocycles. The van der Waals surface area contributed by atoms with Gasteiger partial charge in [-0.15, -0.1) is 11.3 Å². The highest BCUT2D eigenvalue weighted by molar-refractivity contribution is 7.13. The molecule has 2 aromatic rings. The van der Waals surface area contributed by atoms with Crippen LogP contribution in [0.4, 0.5) is 0 Å². The van der Waals surface area contributed by atoms with E-state index in [4.69, 9.17) is 9.84 Å². The number of rotatable bonds is 4. The van der Waals surface area contributed by atoms with E-state index in [0.717, 1.165) is 5.56 Å². The maximum atomic E-state index is 11.0. The molecule has 1 aromatic heterocycles.